The van der Waals surface area contributed by atoms with Gasteiger partial charge in [0.1, 0.15) is 0 Å². The molecule has 1 aliphatic heterocycles. The second-order valence-corrected chi connectivity index (χ2v) is 7.49. The largest absolute Gasteiger partial charge is 0.454 e. The highest BCUT2D eigenvalue weighted by Crippen LogP contribution is 2.38. The number of rotatable bonds is 5. The standard InChI is InChI=1S/C19H14ClN3O5S/c1-2-22(19-21-13-8-12(20)4-5-17(13)29-19)18(24)6-3-11-7-15-16(28-10-27-15)9-14(11)23(25)26/h3-9H,2,10H2,1H3/b6-3+. The number of nitro groups is 1. The molecule has 0 atom stereocenters. The predicted octanol–water partition coefficient (Wildman–Crippen LogP) is 4.65. The lowest BCUT2D eigenvalue weighted by atomic mass is 10.1. The first kappa shape index (κ1) is 19.2. The third kappa shape index (κ3) is 3.74. The average molecular weight is 432 g/mol. The van der Waals surface area contributed by atoms with Gasteiger partial charge in [0, 0.05) is 17.6 Å². The molecule has 10 heteroatoms. The number of amides is 1. The lowest BCUT2D eigenvalue weighted by molar-refractivity contribution is -0.385. The van der Waals surface area contributed by atoms with Crippen molar-refractivity contribution < 1.29 is 19.2 Å². The molecule has 0 aliphatic carbocycles. The van der Waals surface area contributed by atoms with Crippen LogP contribution in [-0.2, 0) is 4.79 Å². The first-order valence-corrected chi connectivity index (χ1v) is 9.79. The van der Waals surface area contributed by atoms with Crippen LogP contribution in [0.3, 0.4) is 0 Å². The zero-order valence-corrected chi connectivity index (χ0v) is 16.7. The summed E-state index contributed by atoms with van der Waals surface area (Å²) in [6, 6.07) is 8.13. The molecular weight excluding hydrogens is 418 g/mol. The summed E-state index contributed by atoms with van der Waals surface area (Å²) in [5.74, 6) is 0.367. The van der Waals surface area contributed by atoms with Crippen molar-refractivity contribution in [3.63, 3.8) is 0 Å². The van der Waals surface area contributed by atoms with Gasteiger partial charge in [-0.05, 0) is 37.3 Å². The number of ether oxygens (including phenoxy) is 2. The minimum absolute atomic E-state index is 0.00379. The molecule has 3 aromatic rings. The lowest BCUT2D eigenvalue weighted by Gasteiger charge is -2.15. The highest BCUT2D eigenvalue weighted by molar-refractivity contribution is 7.22. The zero-order chi connectivity index (χ0) is 20.5. The van der Waals surface area contributed by atoms with Crippen molar-refractivity contribution in [2.75, 3.05) is 18.2 Å². The van der Waals surface area contributed by atoms with Crippen molar-refractivity contribution in [3.05, 3.63) is 57.1 Å². The zero-order valence-electron chi connectivity index (χ0n) is 15.1. The number of hydrogen-bond acceptors (Lipinski definition) is 7. The Morgan fingerprint density at radius 2 is 2.10 bits per heavy atom. The van der Waals surface area contributed by atoms with Crippen LogP contribution in [-0.4, -0.2) is 29.2 Å². The minimum Gasteiger partial charge on any atom is -0.454 e. The van der Waals surface area contributed by atoms with Gasteiger partial charge in [-0.2, -0.15) is 0 Å². The Morgan fingerprint density at radius 1 is 1.34 bits per heavy atom. The number of nitrogens with zero attached hydrogens (tertiary/aromatic N) is 3. The van der Waals surface area contributed by atoms with E-state index in [-0.39, 0.29) is 24.0 Å². The van der Waals surface area contributed by atoms with Gasteiger partial charge in [-0.25, -0.2) is 4.98 Å². The smallest absolute Gasteiger partial charge is 0.280 e. The van der Waals surface area contributed by atoms with Gasteiger partial charge in [0.2, 0.25) is 6.79 Å². The van der Waals surface area contributed by atoms with Crippen LogP contribution >= 0.6 is 22.9 Å². The van der Waals surface area contributed by atoms with E-state index in [1.807, 2.05) is 13.0 Å². The number of hydrogen-bond donors (Lipinski definition) is 0. The molecule has 0 radical (unpaired) electrons. The number of carbonyl (C=O) groups excluding carboxylic acids is 1. The Balaban J connectivity index is 1.63. The normalized spacial score (nSPS) is 12.6. The van der Waals surface area contributed by atoms with Gasteiger partial charge in [-0.3, -0.25) is 19.8 Å². The maximum Gasteiger partial charge on any atom is 0.280 e. The minimum atomic E-state index is -0.527. The number of carbonyl (C=O) groups is 1. The maximum absolute atomic E-state index is 12.8. The van der Waals surface area contributed by atoms with Crippen LogP contribution in [0.25, 0.3) is 16.3 Å². The molecule has 0 unspecified atom stereocenters. The fraction of sp³-hybridized carbons (Fsp3) is 0.158. The molecular formula is C19H14ClN3O5S. The first-order valence-electron chi connectivity index (χ1n) is 8.60. The Morgan fingerprint density at radius 3 is 2.83 bits per heavy atom. The van der Waals surface area contributed by atoms with Crippen LogP contribution in [0.5, 0.6) is 11.5 Å². The summed E-state index contributed by atoms with van der Waals surface area (Å²) in [5, 5.41) is 12.5. The first-order chi connectivity index (χ1) is 14.0. The lowest BCUT2D eigenvalue weighted by Crippen LogP contribution is -2.28. The van der Waals surface area contributed by atoms with Gasteiger partial charge < -0.3 is 9.47 Å². The number of aromatic nitrogens is 1. The van der Waals surface area contributed by atoms with E-state index in [1.165, 1.54) is 40.5 Å². The Kier molecular flexibility index (Phi) is 5.08. The van der Waals surface area contributed by atoms with Crippen LogP contribution in [0, 0.1) is 10.1 Å². The molecule has 2 aromatic carbocycles. The van der Waals surface area contributed by atoms with Crippen LogP contribution in [0.4, 0.5) is 10.8 Å². The maximum atomic E-state index is 12.8. The molecule has 1 amide bonds. The van der Waals surface area contributed by atoms with E-state index >= 15 is 0 Å². The number of anilines is 1. The summed E-state index contributed by atoms with van der Waals surface area (Å²) in [7, 11) is 0. The van der Waals surface area contributed by atoms with Crippen LogP contribution < -0.4 is 14.4 Å². The fourth-order valence-electron chi connectivity index (χ4n) is 2.88. The summed E-state index contributed by atoms with van der Waals surface area (Å²) in [4.78, 5) is 29.6. The Hall–Kier alpha value is -3.17. The van der Waals surface area contributed by atoms with Crippen molar-refractivity contribution in [2.24, 2.45) is 0 Å². The van der Waals surface area contributed by atoms with Crippen LogP contribution in [0.2, 0.25) is 5.02 Å². The predicted molar refractivity (Wildman–Crippen MR) is 111 cm³/mol. The third-order valence-electron chi connectivity index (χ3n) is 4.28. The molecule has 1 aromatic heterocycles. The van der Waals surface area contributed by atoms with Crippen molar-refractivity contribution in [1.82, 2.24) is 4.98 Å². The van der Waals surface area contributed by atoms with Crippen molar-refractivity contribution in [1.29, 1.82) is 0 Å². The van der Waals surface area contributed by atoms with Gasteiger partial charge in [-0.1, -0.05) is 22.9 Å². The third-order valence-corrected chi connectivity index (χ3v) is 5.57. The van der Waals surface area contributed by atoms with Gasteiger partial charge in [0.05, 0.1) is 26.8 Å². The molecule has 0 saturated carbocycles. The second kappa shape index (κ2) is 7.69. The van der Waals surface area contributed by atoms with Crippen LogP contribution in [0.1, 0.15) is 12.5 Å². The van der Waals surface area contributed by atoms with E-state index in [0.29, 0.717) is 33.7 Å². The summed E-state index contributed by atoms with van der Waals surface area (Å²) < 4.78 is 11.4. The molecule has 4 rings (SSSR count). The second-order valence-electron chi connectivity index (χ2n) is 6.05. The van der Waals surface area contributed by atoms with E-state index in [2.05, 4.69) is 4.98 Å². The van der Waals surface area contributed by atoms with Gasteiger partial charge >= 0.3 is 0 Å². The van der Waals surface area contributed by atoms with E-state index < -0.39 is 4.92 Å². The van der Waals surface area contributed by atoms with E-state index in [9.17, 15) is 14.9 Å². The molecule has 1 aliphatic rings. The summed E-state index contributed by atoms with van der Waals surface area (Å²) in [5.41, 5.74) is 0.787. The van der Waals surface area contributed by atoms with Gasteiger partial charge in [-0.15, -0.1) is 0 Å². The summed E-state index contributed by atoms with van der Waals surface area (Å²) >= 11 is 7.37. The fourth-order valence-corrected chi connectivity index (χ4v) is 4.06. The summed E-state index contributed by atoms with van der Waals surface area (Å²) in [6.07, 6.45) is 2.68. The molecule has 0 saturated heterocycles. The average Bonchev–Trinajstić information content (AvgIpc) is 3.31. The molecule has 148 valence electrons. The topological polar surface area (TPSA) is 94.8 Å². The van der Waals surface area contributed by atoms with E-state index in [0.717, 1.165) is 4.70 Å². The van der Waals surface area contributed by atoms with Gasteiger partial charge in [0.25, 0.3) is 11.6 Å². The van der Waals surface area contributed by atoms with Gasteiger partial charge in [0.15, 0.2) is 16.6 Å². The quantitative estimate of drug-likeness (QED) is 0.331. The molecule has 29 heavy (non-hydrogen) atoms. The highest BCUT2D eigenvalue weighted by Gasteiger charge is 2.23. The number of fused-ring (bicyclic) bond motifs is 2. The molecule has 0 bridgehead atoms. The van der Waals surface area contributed by atoms with Crippen LogP contribution in [0.15, 0.2) is 36.4 Å². The van der Waals surface area contributed by atoms with E-state index in [4.69, 9.17) is 21.1 Å². The number of thiazole rings is 1. The number of benzene rings is 2. The molecule has 0 spiro atoms. The van der Waals surface area contributed by atoms with Crippen molar-refractivity contribution >= 4 is 56.0 Å². The van der Waals surface area contributed by atoms with Crippen molar-refractivity contribution in [2.45, 2.75) is 6.92 Å². The molecule has 2 heterocycles. The van der Waals surface area contributed by atoms with E-state index in [1.54, 1.807) is 12.1 Å². The van der Waals surface area contributed by atoms with Crippen molar-refractivity contribution in [3.8, 4) is 11.5 Å². The monoisotopic (exact) mass is 431 g/mol. The molecule has 0 fully saturated rings. The molecule has 0 N–H and O–H groups in total. The number of halogens is 1. The number of likely N-dealkylation sites (N-methyl/N-ethyl adjacent to an activating group) is 1. The molecule has 8 nitrogen and oxygen atoms in total. The highest BCUT2D eigenvalue weighted by atomic mass is 35.5. The SMILES string of the molecule is CCN(C(=O)/C=C/c1cc2c(cc1[N+](=O)[O-])OCO2)c1nc2cc(Cl)ccc2s1. The summed E-state index contributed by atoms with van der Waals surface area (Å²) in [6.45, 7) is 2.22. The number of nitro benzene ring substituents is 1. The Bertz CT molecular complexity index is 1160. The Labute approximate surface area is 174 Å².